The molecule has 2 unspecified atom stereocenters. The summed E-state index contributed by atoms with van der Waals surface area (Å²) in [6.45, 7) is 14.4. The molecule has 1 aromatic carbocycles. The zero-order valence-electron chi connectivity index (χ0n) is 22.8. The van der Waals surface area contributed by atoms with Crippen LogP contribution in [-0.2, 0) is 19.1 Å². The number of benzene rings is 1. The molecule has 38 heavy (non-hydrogen) atoms. The minimum atomic E-state index is -0.739. The zero-order valence-corrected chi connectivity index (χ0v) is 23.6. The number of carbonyl (C=O) groups is 3. The average molecular weight is 541 g/mol. The quantitative estimate of drug-likeness (QED) is 0.243. The largest absolute Gasteiger partial charge is 0.465 e. The predicted molar refractivity (Wildman–Crippen MR) is 151 cm³/mol. The van der Waals surface area contributed by atoms with Gasteiger partial charge in [0.2, 0.25) is 5.91 Å². The minimum absolute atomic E-state index is 0.0879. The van der Waals surface area contributed by atoms with Crippen LogP contribution in [0.3, 0.4) is 0 Å². The highest BCUT2D eigenvalue weighted by atomic mass is 32.2. The molecule has 3 saturated heterocycles. The number of unbranched alkanes of at least 4 members (excludes halogenated alkanes) is 1. The first-order valence-electron chi connectivity index (χ1n) is 13.5. The molecule has 206 valence electrons. The van der Waals surface area contributed by atoms with Crippen LogP contribution in [0.5, 0.6) is 0 Å². The number of amides is 2. The molecule has 3 aliphatic rings. The van der Waals surface area contributed by atoms with Crippen molar-refractivity contribution in [2.24, 2.45) is 11.8 Å². The Morgan fingerprint density at radius 1 is 1.24 bits per heavy atom. The van der Waals surface area contributed by atoms with Crippen molar-refractivity contribution in [3.63, 3.8) is 0 Å². The van der Waals surface area contributed by atoms with Crippen LogP contribution in [0.25, 0.3) is 0 Å². The topological polar surface area (TPSA) is 87.1 Å². The van der Waals surface area contributed by atoms with Crippen LogP contribution >= 0.6 is 11.8 Å². The van der Waals surface area contributed by atoms with Crippen molar-refractivity contribution in [3.8, 4) is 0 Å². The number of fused-ring (bicyclic) bond motifs is 1. The van der Waals surface area contributed by atoms with Gasteiger partial charge >= 0.3 is 5.97 Å². The van der Waals surface area contributed by atoms with Gasteiger partial charge in [0.15, 0.2) is 0 Å². The fraction of sp³-hybridized carbons (Fsp3) is 0.567. The third kappa shape index (κ3) is 4.70. The van der Waals surface area contributed by atoms with E-state index in [9.17, 15) is 19.5 Å². The Balaban J connectivity index is 1.74. The summed E-state index contributed by atoms with van der Waals surface area (Å²) in [6.07, 6.45) is 6.70. The maximum Gasteiger partial charge on any atom is 0.311 e. The fourth-order valence-corrected chi connectivity index (χ4v) is 8.97. The Bertz CT molecular complexity index is 1120. The first kappa shape index (κ1) is 28.4. The van der Waals surface area contributed by atoms with Crippen LogP contribution < -0.4 is 4.90 Å². The maximum atomic E-state index is 14.6. The molecule has 0 saturated carbocycles. The summed E-state index contributed by atoms with van der Waals surface area (Å²) in [5.74, 6) is -1.93. The molecule has 3 aliphatic heterocycles. The molecule has 7 nitrogen and oxygen atoms in total. The monoisotopic (exact) mass is 540 g/mol. The van der Waals surface area contributed by atoms with Crippen molar-refractivity contribution in [2.75, 3.05) is 31.2 Å². The molecular formula is C30H40N2O5S. The Hall–Kier alpha value is -2.58. The van der Waals surface area contributed by atoms with Crippen molar-refractivity contribution in [3.05, 3.63) is 54.6 Å². The number of allylic oxidation sites excluding steroid dienone is 1. The number of esters is 1. The lowest BCUT2D eigenvalue weighted by Gasteiger charge is -2.37. The van der Waals surface area contributed by atoms with Gasteiger partial charge < -0.3 is 19.6 Å². The van der Waals surface area contributed by atoms with Crippen molar-refractivity contribution in [1.29, 1.82) is 0 Å². The third-order valence-electron chi connectivity index (χ3n) is 8.35. The first-order valence-corrected chi connectivity index (χ1v) is 14.4. The van der Waals surface area contributed by atoms with E-state index in [0.717, 1.165) is 29.7 Å². The number of aryl methyl sites for hydroxylation is 2. The van der Waals surface area contributed by atoms with E-state index in [-0.39, 0.29) is 37.5 Å². The number of carbonyl (C=O) groups excluding carboxylic acids is 3. The second-order valence-electron chi connectivity index (χ2n) is 11.0. The van der Waals surface area contributed by atoms with Crippen LogP contribution in [0.4, 0.5) is 5.69 Å². The third-order valence-corrected chi connectivity index (χ3v) is 10.3. The summed E-state index contributed by atoms with van der Waals surface area (Å²) < 4.78 is 4.48. The van der Waals surface area contributed by atoms with E-state index < -0.39 is 27.4 Å². The Kier molecular flexibility index (Phi) is 8.43. The van der Waals surface area contributed by atoms with Gasteiger partial charge in [0.1, 0.15) is 6.04 Å². The van der Waals surface area contributed by atoms with Gasteiger partial charge in [0.05, 0.1) is 23.2 Å². The molecular weight excluding hydrogens is 500 g/mol. The minimum Gasteiger partial charge on any atom is -0.465 e. The van der Waals surface area contributed by atoms with E-state index in [1.165, 1.54) is 0 Å². The number of nitrogens with zero attached hydrogens (tertiary/aromatic N) is 2. The zero-order chi connectivity index (χ0) is 27.7. The molecule has 1 spiro atoms. The molecule has 4 rings (SSSR count). The summed E-state index contributed by atoms with van der Waals surface area (Å²) >= 11 is 1.63. The van der Waals surface area contributed by atoms with Crippen molar-refractivity contribution < 1.29 is 24.2 Å². The van der Waals surface area contributed by atoms with E-state index in [1.54, 1.807) is 33.7 Å². The van der Waals surface area contributed by atoms with Gasteiger partial charge in [-0.1, -0.05) is 24.3 Å². The summed E-state index contributed by atoms with van der Waals surface area (Å²) in [5, 5.41) is 9.60. The number of ether oxygens (including phenoxy) is 1. The van der Waals surface area contributed by atoms with Crippen molar-refractivity contribution >= 4 is 35.2 Å². The van der Waals surface area contributed by atoms with E-state index in [0.29, 0.717) is 25.8 Å². The molecule has 1 aromatic rings. The van der Waals surface area contributed by atoms with Crippen molar-refractivity contribution in [2.45, 2.75) is 68.4 Å². The Morgan fingerprint density at radius 2 is 2.00 bits per heavy atom. The summed E-state index contributed by atoms with van der Waals surface area (Å²) in [6, 6.07) is 5.26. The molecule has 1 N–H and O–H groups in total. The van der Waals surface area contributed by atoms with Gasteiger partial charge in [-0.05, 0) is 70.1 Å². The van der Waals surface area contributed by atoms with Crippen LogP contribution in [0, 0.1) is 25.7 Å². The van der Waals surface area contributed by atoms with Crippen molar-refractivity contribution in [1.82, 2.24) is 4.90 Å². The number of aliphatic hydroxyl groups is 1. The van der Waals surface area contributed by atoms with Gasteiger partial charge in [-0.3, -0.25) is 14.4 Å². The van der Waals surface area contributed by atoms with Gasteiger partial charge in [0.25, 0.3) is 5.91 Å². The second kappa shape index (κ2) is 11.3. The lowest BCUT2D eigenvalue weighted by Crippen LogP contribution is -2.55. The van der Waals surface area contributed by atoms with Crippen LogP contribution in [-0.4, -0.2) is 69.6 Å². The Labute approximate surface area is 230 Å². The molecule has 0 radical (unpaired) electrons. The molecule has 0 aliphatic carbocycles. The number of anilines is 1. The first-order chi connectivity index (χ1) is 18.1. The molecule has 8 heteroatoms. The SMILES string of the molecule is C=CCCCOC(=O)[C@@H]1[C@H]2C(=O)N(CCCO)C(C(=O)N(CC=C)c3cc(C)ccc3C)C23CC[C@@]1(C)S3. The normalized spacial score (nSPS) is 29.3. The van der Waals surface area contributed by atoms with Crippen LogP contribution in [0.15, 0.2) is 43.5 Å². The number of rotatable bonds is 12. The Morgan fingerprint density at radius 3 is 2.68 bits per heavy atom. The fourth-order valence-electron chi connectivity index (χ4n) is 6.63. The highest BCUT2D eigenvalue weighted by Gasteiger charge is 2.77. The number of likely N-dealkylation sites (tertiary alicyclic amines) is 1. The highest BCUT2D eigenvalue weighted by molar-refractivity contribution is 8.02. The van der Waals surface area contributed by atoms with Crippen LogP contribution in [0.2, 0.25) is 0 Å². The van der Waals surface area contributed by atoms with E-state index in [4.69, 9.17) is 4.74 Å². The summed E-state index contributed by atoms with van der Waals surface area (Å²) in [7, 11) is 0. The predicted octanol–water partition coefficient (Wildman–Crippen LogP) is 4.20. The van der Waals surface area contributed by atoms with Crippen LogP contribution in [0.1, 0.15) is 50.2 Å². The standard InChI is InChI=1S/C30H40N2O5S/c1-6-8-9-18-37-28(36)24-23-26(34)32(16-10-17-33)25(30(23)14-13-29(24,5)38-30)27(35)31(15-7-2)22-19-20(3)11-12-21(22)4/h6-7,11-12,19,23-25,33H,1-2,8-10,13-18H2,3-5H3/t23-,24-,25?,29+,30?/m0/s1. The lowest BCUT2D eigenvalue weighted by molar-refractivity contribution is -0.155. The second-order valence-corrected chi connectivity index (χ2v) is 12.9. The average Bonchev–Trinajstić information content (AvgIpc) is 3.45. The number of aliphatic hydroxyl groups excluding tert-OH is 1. The molecule has 3 fully saturated rings. The number of thioether (sulfide) groups is 1. The van der Waals surface area contributed by atoms with Gasteiger partial charge in [-0.25, -0.2) is 0 Å². The van der Waals surface area contributed by atoms with Gasteiger partial charge in [-0.15, -0.1) is 24.9 Å². The molecule has 2 bridgehead atoms. The highest BCUT2D eigenvalue weighted by Crippen LogP contribution is 2.71. The molecule has 0 aromatic heterocycles. The molecule has 5 atom stereocenters. The smallest absolute Gasteiger partial charge is 0.311 e. The summed E-state index contributed by atoms with van der Waals surface area (Å²) in [4.78, 5) is 45.4. The van der Waals surface area contributed by atoms with Gasteiger partial charge in [-0.2, -0.15) is 0 Å². The molecule has 3 heterocycles. The summed E-state index contributed by atoms with van der Waals surface area (Å²) in [5.41, 5.74) is 2.79. The van der Waals surface area contributed by atoms with E-state index in [1.807, 2.05) is 39.0 Å². The van der Waals surface area contributed by atoms with Gasteiger partial charge in [0, 0.05) is 30.1 Å². The van der Waals surface area contributed by atoms with E-state index >= 15 is 0 Å². The van der Waals surface area contributed by atoms with E-state index in [2.05, 4.69) is 13.2 Å². The molecule has 2 amide bonds. The maximum absolute atomic E-state index is 14.6. The number of hydrogen-bond acceptors (Lipinski definition) is 6. The number of hydrogen-bond donors (Lipinski definition) is 1. The lowest BCUT2D eigenvalue weighted by atomic mass is 9.66.